The summed E-state index contributed by atoms with van der Waals surface area (Å²) in [5, 5.41) is 0.872. The molecule has 0 N–H and O–H groups in total. The Morgan fingerprint density at radius 3 is 2.34 bits per heavy atom. The maximum atomic E-state index is 9.53. The van der Waals surface area contributed by atoms with Crippen LogP contribution in [0.2, 0.25) is 0 Å². The van der Waals surface area contributed by atoms with Crippen LogP contribution in [0.3, 0.4) is 0 Å². The van der Waals surface area contributed by atoms with Gasteiger partial charge in [0.05, 0.1) is 24.7 Å². The Kier molecular flexibility index (Phi) is 3.15. The van der Waals surface area contributed by atoms with Gasteiger partial charge in [-0.1, -0.05) is 129 Å². The second-order valence-electron chi connectivity index (χ2n) is 11.2. The molecule has 0 aliphatic heterocycles. The molecule has 4 nitrogen and oxygen atoms in total. The summed E-state index contributed by atoms with van der Waals surface area (Å²) in [5.41, 5.74) is -5.94. The number of aromatic nitrogens is 4. The van der Waals surface area contributed by atoms with Crippen LogP contribution >= 0.6 is 11.3 Å². The Bertz CT molecular complexity index is 3490. The molecular weight excluding hydrogens is 593 g/mol. The molecule has 6 aromatic carbocycles. The highest BCUT2D eigenvalue weighted by Gasteiger charge is 2.38. The number of nitrogens with zero attached hydrogens (tertiary/aromatic N) is 4. The van der Waals surface area contributed by atoms with Gasteiger partial charge in [0.25, 0.3) is 0 Å². The SMILES string of the molecule is [2H]c1c([2H])c([2H])c2c(c1[2H])-c1c([2H])c([2H])c3c4c([2H])c([2H])c([2H])c([2H])c4n(-c4nc(-c5ccccc5)nc(-c5cccc6sc7ccccc7c56)n4)c3c1C2(C([2H])([2H])[2H])C([2H])([2H])[2H]. The standard InChI is InChI=1S/C42H28N4S/c1-42(2)32-19-9-6-15-26(32)28-23-24-29-27-16-7-10-20-33(27)46(38(29)37(28)42)41-44-39(25-13-4-3-5-14-25)43-40(45-41)31-18-12-22-35-36(31)30-17-8-11-21-34(30)47-35/h3-24H,1-2H3/i1D3,2D3,6D,7D,9D,10D,15D,16D,19D,20D,23D,24D. The summed E-state index contributed by atoms with van der Waals surface area (Å²) in [6.07, 6.45) is 0. The molecule has 0 bridgehead atoms. The Morgan fingerprint density at radius 2 is 1.43 bits per heavy atom. The van der Waals surface area contributed by atoms with Gasteiger partial charge >= 0.3 is 0 Å². The number of rotatable bonds is 3. The van der Waals surface area contributed by atoms with Crippen molar-refractivity contribution >= 4 is 53.3 Å². The van der Waals surface area contributed by atoms with Gasteiger partial charge in [-0.3, -0.25) is 4.57 Å². The number of thiophene rings is 1. The van der Waals surface area contributed by atoms with E-state index in [-0.39, 0.29) is 28.5 Å². The van der Waals surface area contributed by atoms with Crippen molar-refractivity contribution in [3.8, 4) is 39.9 Å². The summed E-state index contributed by atoms with van der Waals surface area (Å²) < 4.78 is 148. The lowest BCUT2D eigenvalue weighted by atomic mass is 9.81. The third kappa shape index (κ3) is 3.72. The van der Waals surface area contributed by atoms with Gasteiger partial charge in [0.1, 0.15) is 0 Å². The highest BCUT2D eigenvalue weighted by atomic mass is 32.1. The van der Waals surface area contributed by atoms with E-state index in [4.69, 9.17) is 31.4 Å². The molecule has 0 amide bonds. The Hall–Kier alpha value is -5.65. The van der Waals surface area contributed by atoms with Crippen LogP contribution in [0, 0.1) is 0 Å². The maximum absolute atomic E-state index is 9.53. The first kappa shape index (κ1) is 15.3. The highest BCUT2D eigenvalue weighted by Crippen LogP contribution is 2.52. The van der Waals surface area contributed by atoms with Gasteiger partial charge in [-0.05, 0) is 40.4 Å². The zero-order chi connectivity index (χ0) is 45.0. The summed E-state index contributed by atoms with van der Waals surface area (Å²) in [6.45, 7) is -7.35. The second kappa shape index (κ2) is 9.68. The van der Waals surface area contributed by atoms with Crippen LogP contribution in [0.25, 0.3) is 81.8 Å². The zero-order valence-electron chi connectivity index (χ0n) is 40.1. The predicted octanol–water partition coefficient (Wildman–Crippen LogP) is 11.0. The molecule has 0 spiro atoms. The fourth-order valence-corrected chi connectivity index (χ4v) is 7.71. The largest absolute Gasteiger partial charge is 0.277 e. The average molecular weight is 637 g/mol. The summed E-state index contributed by atoms with van der Waals surface area (Å²) >= 11 is 1.54. The van der Waals surface area contributed by atoms with Crippen LogP contribution in [0.4, 0.5) is 0 Å². The molecule has 1 aliphatic rings. The lowest BCUT2D eigenvalue weighted by molar-refractivity contribution is 0.663. The van der Waals surface area contributed by atoms with Crippen LogP contribution in [0.5, 0.6) is 0 Å². The van der Waals surface area contributed by atoms with E-state index < -0.39 is 113 Å². The Balaban J connectivity index is 1.50. The number of fused-ring (bicyclic) bond motifs is 10. The zero-order valence-corrected chi connectivity index (χ0v) is 24.9. The van der Waals surface area contributed by atoms with Crippen LogP contribution in [0.15, 0.2) is 133 Å². The fraction of sp³-hybridized carbons (Fsp3) is 0.0714. The molecule has 3 aromatic heterocycles. The summed E-state index contributed by atoms with van der Waals surface area (Å²) in [6, 6.07) is 14.0. The third-order valence-electron chi connectivity index (χ3n) is 8.59. The van der Waals surface area contributed by atoms with Gasteiger partial charge in [0, 0.05) is 55.7 Å². The van der Waals surface area contributed by atoms with Gasteiger partial charge in [-0.25, -0.2) is 4.98 Å². The van der Waals surface area contributed by atoms with Crippen LogP contribution in [-0.2, 0) is 5.41 Å². The van der Waals surface area contributed by atoms with Crippen molar-refractivity contribution in [1.82, 2.24) is 19.5 Å². The van der Waals surface area contributed by atoms with Crippen molar-refractivity contribution in [3.05, 3.63) is 144 Å². The molecule has 0 radical (unpaired) electrons. The van der Waals surface area contributed by atoms with Crippen molar-refractivity contribution in [3.63, 3.8) is 0 Å². The Morgan fingerprint density at radius 1 is 0.638 bits per heavy atom. The first-order valence-electron chi connectivity index (χ1n) is 22.7. The van der Waals surface area contributed by atoms with E-state index in [0.29, 0.717) is 11.1 Å². The van der Waals surface area contributed by atoms with Crippen molar-refractivity contribution in [2.45, 2.75) is 19.1 Å². The fourth-order valence-electron chi connectivity index (χ4n) is 6.58. The van der Waals surface area contributed by atoms with E-state index in [1.807, 2.05) is 36.4 Å². The number of benzene rings is 6. The predicted molar refractivity (Wildman–Crippen MR) is 195 cm³/mol. The summed E-state index contributed by atoms with van der Waals surface area (Å²) in [7, 11) is 0. The number of para-hydroxylation sites is 1. The van der Waals surface area contributed by atoms with Crippen LogP contribution in [0.1, 0.15) is 46.8 Å². The first-order chi connectivity index (χ1) is 29.7. The van der Waals surface area contributed by atoms with E-state index in [0.717, 1.165) is 24.7 Å². The molecule has 0 fully saturated rings. The number of hydrogen-bond acceptors (Lipinski definition) is 4. The van der Waals surface area contributed by atoms with Gasteiger partial charge in [-0.2, -0.15) is 9.97 Å². The van der Waals surface area contributed by atoms with Gasteiger partial charge < -0.3 is 0 Å². The molecule has 0 atom stereocenters. The molecule has 47 heavy (non-hydrogen) atoms. The van der Waals surface area contributed by atoms with Crippen molar-refractivity contribution in [2.75, 3.05) is 0 Å². The minimum atomic E-state index is -3.68. The van der Waals surface area contributed by atoms with E-state index in [9.17, 15) is 5.48 Å². The quantitative estimate of drug-likeness (QED) is 0.194. The van der Waals surface area contributed by atoms with Crippen molar-refractivity contribution in [2.24, 2.45) is 0 Å². The third-order valence-corrected chi connectivity index (χ3v) is 9.72. The van der Waals surface area contributed by atoms with Gasteiger partial charge in [0.15, 0.2) is 11.6 Å². The minimum absolute atomic E-state index is 0.0589. The molecule has 9 aromatic rings. The first-order valence-corrected chi connectivity index (χ1v) is 15.5. The van der Waals surface area contributed by atoms with Crippen molar-refractivity contribution < 1.29 is 21.9 Å². The molecule has 0 saturated carbocycles. The normalized spacial score (nSPS) is 18.9. The average Bonchev–Trinajstić information content (AvgIpc) is 3.93. The molecular formula is C42H28N4S. The highest BCUT2D eigenvalue weighted by molar-refractivity contribution is 7.25. The molecule has 5 heteroatoms. The Labute approximate surface area is 298 Å². The molecule has 0 saturated heterocycles. The molecule has 1 aliphatic carbocycles. The summed E-state index contributed by atoms with van der Waals surface area (Å²) in [5.74, 6) is -0.242. The van der Waals surface area contributed by atoms with E-state index in [1.165, 1.54) is 11.3 Å². The maximum Gasteiger partial charge on any atom is 0.238 e. The van der Waals surface area contributed by atoms with Crippen molar-refractivity contribution in [1.29, 1.82) is 0 Å². The second-order valence-corrected chi connectivity index (χ2v) is 12.3. The molecule has 222 valence electrons. The molecule has 0 unspecified atom stereocenters. The topological polar surface area (TPSA) is 43.6 Å². The van der Waals surface area contributed by atoms with E-state index in [1.54, 1.807) is 36.4 Å². The minimum Gasteiger partial charge on any atom is -0.277 e. The number of hydrogen-bond donors (Lipinski definition) is 0. The lowest BCUT2D eigenvalue weighted by Gasteiger charge is -2.23. The molecule has 10 rings (SSSR count). The molecule has 3 heterocycles. The van der Waals surface area contributed by atoms with Gasteiger partial charge in [-0.15, -0.1) is 11.3 Å². The summed E-state index contributed by atoms with van der Waals surface area (Å²) in [4.78, 5) is 14.7. The monoisotopic (exact) mass is 636 g/mol. The van der Waals surface area contributed by atoms with Gasteiger partial charge in [0.2, 0.25) is 5.95 Å². The van der Waals surface area contributed by atoms with Crippen LogP contribution < -0.4 is 0 Å². The van der Waals surface area contributed by atoms with E-state index >= 15 is 0 Å². The van der Waals surface area contributed by atoms with Crippen LogP contribution in [-0.4, -0.2) is 19.5 Å². The lowest BCUT2D eigenvalue weighted by Crippen LogP contribution is -2.17. The smallest absolute Gasteiger partial charge is 0.238 e. The van der Waals surface area contributed by atoms with E-state index in [2.05, 4.69) is 0 Å².